The molecule has 382 valence electrons. The second-order valence-corrected chi connectivity index (χ2v) is 27.7. The van der Waals surface area contributed by atoms with Crippen LogP contribution >= 0.6 is 0 Å². The van der Waals surface area contributed by atoms with Gasteiger partial charge in [-0.3, -0.25) is 0 Å². The number of fused-ring (bicyclic) bond motifs is 13. The van der Waals surface area contributed by atoms with Crippen molar-refractivity contribution in [3.8, 4) is 11.1 Å². The van der Waals surface area contributed by atoms with Crippen LogP contribution in [0.15, 0.2) is 144 Å². The standard InChI is InChI=1S/C71H74BN3O/c1-67(2,3)43-27-31-47(32-28-43)73-59-40-46(70(10,11)12)41-60-63(59)72(54-34-33-52-62-48-22-18-20-42(48)26-35-58(62)75(71(13,14)15)64(52)65(54)73)55-39-45(69(7,8)9)30-37-57(55)74(60)56-36-29-44(68(4,5)6)38-53(56)51-24-19-23-50-49-21-16-17-25-61(49)76-66(50)51/h16-17,19,21,23-41H,18,20,22H2,1-15H3. The van der Waals surface area contributed by atoms with Gasteiger partial charge < -0.3 is 18.8 Å². The van der Waals surface area contributed by atoms with Gasteiger partial charge in [-0.2, -0.15) is 0 Å². The number of rotatable bonds is 3. The third-order valence-electron chi connectivity index (χ3n) is 17.4. The van der Waals surface area contributed by atoms with Crippen molar-refractivity contribution in [2.45, 2.75) is 150 Å². The van der Waals surface area contributed by atoms with Crippen LogP contribution in [0.5, 0.6) is 0 Å². The van der Waals surface area contributed by atoms with Gasteiger partial charge in [0.15, 0.2) is 0 Å². The number of para-hydroxylation sites is 2. The van der Waals surface area contributed by atoms with Crippen molar-refractivity contribution in [3.63, 3.8) is 0 Å². The minimum absolute atomic E-state index is 0.00295. The normalized spacial score (nSPS) is 14.8. The summed E-state index contributed by atoms with van der Waals surface area (Å²) < 4.78 is 9.66. The molecule has 2 aromatic heterocycles. The van der Waals surface area contributed by atoms with Crippen molar-refractivity contribution < 1.29 is 4.42 Å². The first-order valence-electron chi connectivity index (χ1n) is 28.1. The van der Waals surface area contributed by atoms with E-state index in [1.54, 1.807) is 5.56 Å². The summed E-state index contributed by atoms with van der Waals surface area (Å²) in [5.41, 5.74) is 25.8. The molecule has 13 rings (SSSR count). The van der Waals surface area contributed by atoms with Crippen molar-refractivity contribution >= 4 is 101 Å². The van der Waals surface area contributed by atoms with Gasteiger partial charge in [-0.15, -0.1) is 0 Å². The van der Waals surface area contributed by atoms with Crippen LogP contribution in [-0.2, 0) is 40.0 Å². The highest BCUT2D eigenvalue weighted by molar-refractivity contribution is 7.00. The van der Waals surface area contributed by atoms with Gasteiger partial charge in [0.05, 0.1) is 16.9 Å². The Morgan fingerprint density at radius 2 is 1.09 bits per heavy atom. The Hall–Kier alpha value is -6.98. The quantitative estimate of drug-likeness (QED) is 0.165. The fourth-order valence-electron chi connectivity index (χ4n) is 13.4. The van der Waals surface area contributed by atoms with Crippen LogP contribution in [0.4, 0.5) is 34.1 Å². The number of anilines is 6. The van der Waals surface area contributed by atoms with Gasteiger partial charge in [-0.25, -0.2) is 0 Å². The first-order chi connectivity index (χ1) is 35.9. The second kappa shape index (κ2) is 16.3. The summed E-state index contributed by atoms with van der Waals surface area (Å²) in [4.78, 5) is 5.35. The molecule has 1 aliphatic carbocycles. The lowest BCUT2D eigenvalue weighted by atomic mass is 9.33. The highest BCUT2D eigenvalue weighted by atomic mass is 16.3. The Morgan fingerprint density at radius 3 is 1.78 bits per heavy atom. The van der Waals surface area contributed by atoms with Gasteiger partial charge >= 0.3 is 0 Å². The SMILES string of the molecule is CC(C)(C)c1ccc(N2c3cc(C(C)(C)C)cc4c3B(c3cc(C(C)(C)C)ccc3N4c3ccc(C(C)(C)C)cc3-c3cccc4c3oc3ccccc34)c3ccc4c5c6c(ccc5n(C(C)(C)C)c4c32)CCC6)cc1. The fourth-order valence-corrected chi connectivity index (χ4v) is 13.4. The van der Waals surface area contributed by atoms with E-state index in [4.69, 9.17) is 4.42 Å². The number of aryl methyl sites for hydroxylation is 2. The van der Waals surface area contributed by atoms with Crippen molar-refractivity contribution in [1.82, 2.24) is 4.57 Å². The molecule has 4 heterocycles. The molecule has 0 N–H and O–H groups in total. The lowest BCUT2D eigenvalue weighted by Gasteiger charge is -2.46. The summed E-state index contributed by atoms with van der Waals surface area (Å²) in [5, 5.41) is 5.07. The fraction of sp³-hybridized carbons (Fsp3) is 0.324. The Balaban J connectivity index is 1.20. The molecule has 0 unspecified atom stereocenters. The molecule has 0 radical (unpaired) electrons. The molecule has 0 amide bonds. The second-order valence-electron chi connectivity index (χ2n) is 27.7. The van der Waals surface area contributed by atoms with Crippen LogP contribution in [0.25, 0.3) is 54.9 Å². The summed E-state index contributed by atoms with van der Waals surface area (Å²) >= 11 is 0. The molecule has 0 spiro atoms. The van der Waals surface area contributed by atoms with Crippen LogP contribution < -0.4 is 26.2 Å². The Bertz CT molecular complexity index is 4050. The van der Waals surface area contributed by atoms with Gasteiger partial charge in [0.2, 0.25) is 0 Å². The Kier molecular flexibility index (Phi) is 10.4. The maximum Gasteiger partial charge on any atom is 0.252 e. The molecule has 0 bridgehead atoms. The van der Waals surface area contributed by atoms with Crippen LogP contribution in [0, 0.1) is 0 Å². The Labute approximate surface area is 451 Å². The highest BCUT2D eigenvalue weighted by Gasteiger charge is 2.47. The van der Waals surface area contributed by atoms with Gasteiger partial charge in [0, 0.05) is 66.5 Å². The lowest BCUT2D eigenvalue weighted by molar-refractivity contribution is 0.423. The molecule has 0 saturated carbocycles. The van der Waals surface area contributed by atoms with Gasteiger partial charge in [0.25, 0.3) is 6.71 Å². The summed E-state index contributed by atoms with van der Waals surface area (Å²) in [5.74, 6) is 0. The molecule has 3 aliphatic rings. The summed E-state index contributed by atoms with van der Waals surface area (Å²) in [6, 6.07) is 54.6. The van der Waals surface area contributed by atoms with E-state index in [0.717, 1.165) is 51.6 Å². The molecule has 10 aromatic rings. The number of hydrogen-bond acceptors (Lipinski definition) is 3. The minimum Gasteiger partial charge on any atom is -0.455 e. The van der Waals surface area contributed by atoms with E-state index in [1.165, 1.54) is 101 Å². The van der Waals surface area contributed by atoms with Crippen molar-refractivity contribution in [2.75, 3.05) is 9.80 Å². The number of nitrogens with zero attached hydrogens (tertiary/aromatic N) is 3. The van der Waals surface area contributed by atoms with E-state index >= 15 is 0 Å². The topological polar surface area (TPSA) is 24.6 Å². The van der Waals surface area contributed by atoms with E-state index in [1.807, 2.05) is 0 Å². The van der Waals surface area contributed by atoms with Crippen LogP contribution in [-0.4, -0.2) is 11.3 Å². The van der Waals surface area contributed by atoms with Crippen molar-refractivity contribution in [3.05, 3.63) is 173 Å². The molecule has 2 aliphatic heterocycles. The average Bonchev–Trinajstić information content (AvgIpc) is 4.20. The zero-order valence-electron chi connectivity index (χ0n) is 47.7. The molecular weight excluding hydrogens is 922 g/mol. The number of aromatic nitrogens is 1. The van der Waals surface area contributed by atoms with Gasteiger partial charge in [-0.05, 0) is 166 Å². The molecular formula is C71H74BN3O. The zero-order valence-corrected chi connectivity index (χ0v) is 47.7. The van der Waals surface area contributed by atoms with E-state index in [-0.39, 0.29) is 33.9 Å². The monoisotopic (exact) mass is 996 g/mol. The van der Waals surface area contributed by atoms with Crippen LogP contribution in [0.2, 0.25) is 0 Å². The average molecular weight is 996 g/mol. The van der Waals surface area contributed by atoms with E-state index in [2.05, 4.69) is 258 Å². The number of benzene rings is 8. The molecule has 4 nitrogen and oxygen atoms in total. The third kappa shape index (κ3) is 7.30. The Morgan fingerprint density at radius 1 is 0.461 bits per heavy atom. The van der Waals surface area contributed by atoms with Gasteiger partial charge in [-0.1, -0.05) is 168 Å². The zero-order chi connectivity index (χ0) is 53.3. The van der Waals surface area contributed by atoms with Crippen LogP contribution in [0.3, 0.4) is 0 Å². The maximum atomic E-state index is 6.94. The maximum absolute atomic E-state index is 6.94. The highest BCUT2D eigenvalue weighted by Crippen LogP contribution is 2.53. The van der Waals surface area contributed by atoms with E-state index < -0.39 is 0 Å². The molecule has 0 saturated heterocycles. The summed E-state index contributed by atoms with van der Waals surface area (Å²) in [6.07, 6.45) is 3.48. The summed E-state index contributed by atoms with van der Waals surface area (Å²) in [7, 11) is 0. The minimum atomic E-state index is -0.221. The molecule has 0 atom stereocenters. The third-order valence-corrected chi connectivity index (χ3v) is 17.4. The van der Waals surface area contributed by atoms with E-state index in [0.29, 0.717) is 0 Å². The first kappa shape index (κ1) is 48.7. The predicted molar refractivity (Wildman–Crippen MR) is 328 cm³/mol. The van der Waals surface area contributed by atoms with Crippen molar-refractivity contribution in [1.29, 1.82) is 0 Å². The summed E-state index contributed by atoms with van der Waals surface area (Å²) in [6.45, 7) is 35.4. The molecule has 0 fully saturated rings. The molecule has 8 aromatic carbocycles. The molecule has 5 heteroatoms. The lowest BCUT2D eigenvalue weighted by Crippen LogP contribution is -2.61. The van der Waals surface area contributed by atoms with Gasteiger partial charge in [0.1, 0.15) is 11.2 Å². The molecule has 76 heavy (non-hydrogen) atoms. The largest absolute Gasteiger partial charge is 0.455 e. The first-order valence-corrected chi connectivity index (χ1v) is 28.1. The number of furan rings is 1. The number of hydrogen-bond donors (Lipinski definition) is 0. The van der Waals surface area contributed by atoms with Crippen molar-refractivity contribution in [2.24, 2.45) is 0 Å². The van der Waals surface area contributed by atoms with E-state index in [9.17, 15) is 0 Å². The van der Waals surface area contributed by atoms with Crippen LogP contribution in [0.1, 0.15) is 144 Å². The predicted octanol–water partition coefficient (Wildman–Crippen LogP) is 17.9. The smallest absolute Gasteiger partial charge is 0.252 e.